The maximum absolute atomic E-state index is 10.6. The number of hydrogen-bond donors (Lipinski definition) is 4. The smallest absolute Gasteiger partial charge is 0.357 e. The van der Waals surface area contributed by atoms with Crippen LogP contribution in [0.15, 0.2) is 18.2 Å². The number of aromatic carboxylic acids is 1. The molecule has 0 heterocycles. The molecular formula is C7H7NO6S. The Kier molecular flexibility index (Phi) is 2.82. The molecule has 0 aromatic heterocycles. The van der Waals surface area contributed by atoms with Gasteiger partial charge in [0.05, 0.1) is 5.56 Å². The number of benzene rings is 1. The van der Waals surface area contributed by atoms with E-state index in [-0.39, 0.29) is 0 Å². The molecule has 0 amide bonds. The fourth-order valence-corrected chi connectivity index (χ4v) is 1.43. The SMILES string of the molecule is O=C(O)c1cccc(O)c1NS(=O)(=O)O. The van der Waals surface area contributed by atoms with E-state index in [1.165, 1.54) is 10.8 Å². The van der Waals surface area contributed by atoms with E-state index < -0.39 is 33.3 Å². The molecule has 4 N–H and O–H groups in total. The number of anilines is 1. The lowest BCUT2D eigenvalue weighted by atomic mass is 10.2. The molecule has 0 spiro atoms. The summed E-state index contributed by atoms with van der Waals surface area (Å²) < 4.78 is 30.9. The summed E-state index contributed by atoms with van der Waals surface area (Å²) in [6.45, 7) is 0. The Morgan fingerprint density at radius 2 is 1.93 bits per heavy atom. The number of rotatable bonds is 3. The molecule has 0 radical (unpaired) electrons. The number of aromatic hydroxyl groups is 1. The number of nitrogens with one attached hydrogen (secondary N) is 1. The van der Waals surface area contributed by atoms with Crippen LogP contribution in [0, 0.1) is 0 Å². The molecule has 82 valence electrons. The first-order valence-corrected chi connectivity index (χ1v) is 5.06. The van der Waals surface area contributed by atoms with Crippen molar-refractivity contribution in [2.45, 2.75) is 0 Å². The summed E-state index contributed by atoms with van der Waals surface area (Å²) in [4.78, 5) is 10.6. The zero-order valence-corrected chi connectivity index (χ0v) is 8.02. The van der Waals surface area contributed by atoms with Crippen LogP contribution in [-0.4, -0.2) is 29.2 Å². The van der Waals surface area contributed by atoms with Crippen LogP contribution in [0.1, 0.15) is 10.4 Å². The molecule has 15 heavy (non-hydrogen) atoms. The lowest BCUT2D eigenvalue weighted by Crippen LogP contribution is -2.13. The van der Waals surface area contributed by atoms with Crippen molar-refractivity contribution in [3.63, 3.8) is 0 Å². The maximum atomic E-state index is 10.6. The summed E-state index contributed by atoms with van der Waals surface area (Å²) in [6, 6.07) is 3.39. The summed E-state index contributed by atoms with van der Waals surface area (Å²) in [7, 11) is -4.63. The van der Waals surface area contributed by atoms with Crippen molar-refractivity contribution in [3.05, 3.63) is 23.8 Å². The Labute approximate surface area is 84.9 Å². The summed E-state index contributed by atoms with van der Waals surface area (Å²) >= 11 is 0. The van der Waals surface area contributed by atoms with E-state index in [1.54, 1.807) is 0 Å². The summed E-state index contributed by atoms with van der Waals surface area (Å²) in [5.74, 6) is -2.02. The van der Waals surface area contributed by atoms with E-state index in [4.69, 9.17) is 9.66 Å². The van der Waals surface area contributed by atoms with Crippen LogP contribution in [0.2, 0.25) is 0 Å². The van der Waals surface area contributed by atoms with Gasteiger partial charge in [-0.2, -0.15) is 8.42 Å². The van der Waals surface area contributed by atoms with Crippen LogP contribution >= 0.6 is 0 Å². The summed E-state index contributed by atoms with van der Waals surface area (Å²) in [6.07, 6.45) is 0. The Morgan fingerprint density at radius 1 is 1.33 bits per heavy atom. The van der Waals surface area contributed by atoms with E-state index in [0.29, 0.717) is 0 Å². The molecule has 0 aliphatic carbocycles. The van der Waals surface area contributed by atoms with Gasteiger partial charge in [-0.05, 0) is 12.1 Å². The number of carboxylic acids is 1. The molecule has 1 aromatic rings. The van der Waals surface area contributed by atoms with Crippen LogP contribution in [0.3, 0.4) is 0 Å². The van der Waals surface area contributed by atoms with Gasteiger partial charge in [-0.3, -0.25) is 9.27 Å². The highest BCUT2D eigenvalue weighted by atomic mass is 32.2. The third kappa shape index (κ3) is 2.82. The second-order valence-electron chi connectivity index (χ2n) is 2.58. The van der Waals surface area contributed by atoms with Crippen LogP contribution in [-0.2, 0) is 10.3 Å². The van der Waals surface area contributed by atoms with E-state index in [0.717, 1.165) is 12.1 Å². The molecule has 0 aliphatic rings. The summed E-state index contributed by atoms with van der Waals surface area (Å²) in [5, 5.41) is 17.9. The van der Waals surface area contributed by atoms with Crippen molar-refractivity contribution in [3.8, 4) is 5.75 Å². The second kappa shape index (κ2) is 3.75. The molecular weight excluding hydrogens is 226 g/mol. The third-order valence-corrected chi connectivity index (χ3v) is 1.97. The summed E-state index contributed by atoms with van der Waals surface area (Å²) in [5.41, 5.74) is -1.04. The fourth-order valence-electron chi connectivity index (χ4n) is 0.955. The predicted molar refractivity (Wildman–Crippen MR) is 50.2 cm³/mol. The van der Waals surface area contributed by atoms with Crippen molar-refractivity contribution < 1.29 is 28.0 Å². The van der Waals surface area contributed by atoms with Gasteiger partial charge in [-0.1, -0.05) is 6.07 Å². The first-order valence-electron chi connectivity index (χ1n) is 3.62. The van der Waals surface area contributed by atoms with Crippen molar-refractivity contribution >= 4 is 22.0 Å². The number of para-hydroxylation sites is 1. The average Bonchev–Trinajstić information content (AvgIpc) is 2.05. The standard InChI is InChI=1S/C7H7NO6S/c9-5-3-1-2-4(7(10)11)6(5)8-15(12,13)14/h1-3,8-9H,(H,10,11)(H,12,13,14). The molecule has 0 atom stereocenters. The number of hydrogen-bond acceptors (Lipinski definition) is 4. The molecule has 7 nitrogen and oxygen atoms in total. The minimum absolute atomic E-state index is 0.465. The van der Waals surface area contributed by atoms with Crippen LogP contribution in [0.25, 0.3) is 0 Å². The highest BCUT2D eigenvalue weighted by Gasteiger charge is 2.17. The van der Waals surface area contributed by atoms with Gasteiger partial charge in [0.1, 0.15) is 11.4 Å². The molecule has 0 unspecified atom stereocenters. The van der Waals surface area contributed by atoms with E-state index >= 15 is 0 Å². The van der Waals surface area contributed by atoms with Gasteiger partial charge >= 0.3 is 16.3 Å². The zero-order chi connectivity index (χ0) is 11.6. The number of phenols is 1. The maximum Gasteiger partial charge on any atom is 0.357 e. The van der Waals surface area contributed by atoms with E-state index in [2.05, 4.69) is 0 Å². The average molecular weight is 233 g/mol. The first kappa shape index (κ1) is 11.3. The zero-order valence-electron chi connectivity index (χ0n) is 7.21. The van der Waals surface area contributed by atoms with Gasteiger partial charge in [0, 0.05) is 0 Å². The van der Waals surface area contributed by atoms with Gasteiger partial charge in [0.2, 0.25) is 0 Å². The quantitative estimate of drug-likeness (QED) is 0.440. The normalized spacial score (nSPS) is 11.0. The molecule has 0 saturated heterocycles. The fraction of sp³-hybridized carbons (Fsp3) is 0. The minimum atomic E-state index is -4.63. The number of carbonyl (C=O) groups is 1. The second-order valence-corrected chi connectivity index (χ2v) is 3.74. The number of phenolic OH excluding ortho intramolecular Hbond substituents is 1. The van der Waals surface area contributed by atoms with Gasteiger partial charge in [-0.25, -0.2) is 4.79 Å². The van der Waals surface area contributed by atoms with Crippen LogP contribution in [0.4, 0.5) is 5.69 Å². The first-order chi connectivity index (χ1) is 6.81. The molecule has 0 fully saturated rings. The molecule has 0 saturated carbocycles. The highest BCUT2D eigenvalue weighted by Crippen LogP contribution is 2.27. The lowest BCUT2D eigenvalue weighted by Gasteiger charge is -2.08. The van der Waals surface area contributed by atoms with Gasteiger partial charge < -0.3 is 10.2 Å². The lowest BCUT2D eigenvalue weighted by molar-refractivity contribution is 0.0697. The monoisotopic (exact) mass is 233 g/mol. The molecule has 1 aromatic carbocycles. The largest absolute Gasteiger partial charge is 0.506 e. The highest BCUT2D eigenvalue weighted by molar-refractivity contribution is 7.87. The van der Waals surface area contributed by atoms with Gasteiger partial charge in [-0.15, -0.1) is 0 Å². The van der Waals surface area contributed by atoms with E-state index in [1.807, 2.05) is 0 Å². The van der Waals surface area contributed by atoms with Crippen molar-refractivity contribution in [1.82, 2.24) is 0 Å². The van der Waals surface area contributed by atoms with Crippen LogP contribution < -0.4 is 4.72 Å². The predicted octanol–water partition coefficient (Wildman–Crippen LogP) is 0.305. The van der Waals surface area contributed by atoms with Gasteiger partial charge in [0.25, 0.3) is 0 Å². The van der Waals surface area contributed by atoms with Crippen molar-refractivity contribution in [2.24, 2.45) is 0 Å². The molecule has 0 bridgehead atoms. The Hall–Kier alpha value is -1.80. The molecule has 8 heteroatoms. The van der Waals surface area contributed by atoms with Crippen molar-refractivity contribution in [1.29, 1.82) is 0 Å². The molecule has 0 aliphatic heterocycles. The Balaban J connectivity index is 3.32. The molecule has 1 rings (SSSR count). The topological polar surface area (TPSA) is 124 Å². The Bertz CT molecular complexity index is 494. The third-order valence-electron chi connectivity index (χ3n) is 1.50. The van der Waals surface area contributed by atoms with Crippen LogP contribution in [0.5, 0.6) is 5.75 Å². The number of carboxylic acid groups (broad SMARTS) is 1. The van der Waals surface area contributed by atoms with E-state index in [9.17, 15) is 18.3 Å². The minimum Gasteiger partial charge on any atom is -0.506 e. The Morgan fingerprint density at radius 3 is 2.40 bits per heavy atom. The van der Waals surface area contributed by atoms with Crippen molar-refractivity contribution in [2.75, 3.05) is 4.72 Å². The van der Waals surface area contributed by atoms with Gasteiger partial charge in [0.15, 0.2) is 0 Å².